The van der Waals surface area contributed by atoms with Crippen molar-refractivity contribution < 1.29 is 13.6 Å². The van der Waals surface area contributed by atoms with E-state index in [9.17, 15) is 9.18 Å². The summed E-state index contributed by atoms with van der Waals surface area (Å²) < 4.78 is 19.6. The van der Waals surface area contributed by atoms with Crippen molar-refractivity contribution in [2.45, 2.75) is 0 Å². The van der Waals surface area contributed by atoms with Crippen molar-refractivity contribution >= 4 is 69.2 Å². The van der Waals surface area contributed by atoms with Crippen LogP contribution >= 0.6 is 47.2 Å². The number of carbonyl (C=O) groups excluding carboxylic acids is 1. The molecule has 0 aliphatic carbocycles. The number of benzene rings is 2. The summed E-state index contributed by atoms with van der Waals surface area (Å²) in [5, 5.41) is 1.04. The van der Waals surface area contributed by atoms with Gasteiger partial charge in [0.2, 0.25) is 0 Å². The van der Waals surface area contributed by atoms with Crippen molar-refractivity contribution in [3.63, 3.8) is 0 Å². The first-order valence-electron chi connectivity index (χ1n) is 8.01. The highest BCUT2D eigenvalue weighted by Gasteiger charge is 2.33. The summed E-state index contributed by atoms with van der Waals surface area (Å²) in [5.74, 6) is 0.217. The van der Waals surface area contributed by atoms with Crippen LogP contribution in [0, 0.1) is 5.82 Å². The van der Waals surface area contributed by atoms with E-state index in [1.165, 1.54) is 23.1 Å². The third kappa shape index (κ3) is 3.73. The summed E-state index contributed by atoms with van der Waals surface area (Å²) in [6.45, 7) is 0. The van der Waals surface area contributed by atoms with Gasteiger partial charge < -0.3 is 4.42 Å². The van der Waals surface area contributed by atoms with Crippen LogP contribution in [0.3, 0.4) is 0 Å². The van der Waals surface area contributed by atoms with Crippen molar-refractivity contribution in [3.05, 3.63) is 81.1 Å². The van der Waals surface area contributed by atoms with Crippen molar-refractivity contribution in [2.75, 3.05) is 4.90 Å². The van der Waals surface area contributed by atoms with Crippen LogP contribution in [0.25, 0.3) is 17.4 Å². The molecule has 0 atom stereocenters. The minimum absolute atomic E-state index is 0.325. The van der Waals surface area contributed by atoms with Gasteiger partial charge in [-0.1, -0.05) is 53.2 Å². The zero-order chi connectivity index (χ0) is 19.8. The third-order valence-corrected chi connectivity index (χ3v) is 5.82. The predicted octanol–water partition coefficient (Wildman–Crippen LogP) is 6.80. The Bertz CT molecular complexity index is 1140. The molecule has 0 radical (unpaired) electrons. The summed E-state index contributed by atoms with van der Waals surface area (Å²) in [4.78, 5) is 14.4. The minimum Gasteiger partial charge on any atom is -0.457 e. The lowest BCUT2D eigenvalue weighted by Gasteiger charge is -2.14. The number of carbonyl (C=O) groups is 1. The van der Waals surface area contributed by atoms with E-state index in [4.69, 9.17) is 39.8 Å². The van der Waals surface area contributed by atoms with Crippen LogP contribution in [0.2, 0.25) is 10.0 Å². The average molecular weight is 450 g/mol. The first-order valence-corrected chi connectivity index (χ1v) is 9.99. The van der Waals surface area contributed by atoms with Crippen LogP contribution in [0.15, 0.2) is 63.9 Å². The van der Waals surface area contributed by atoms with Gasteiger partial charge in [-0.3, -0.25) is 9.69 Å². The van der Waals surface area contributed by atoms with Gasteiger partial charge in [-0.15, -0.1) is 0 Å². The van der Waals surface area contributed by atoms with E-state index in [1.54, 1.807) is 42.5 Å². The summed E-state index contributed by atoms with van der Waals surface area (Å²) in [5.41, 5.74) is 1.04. The Hall–Kier alpha value is -2.12. The lowest BCUT2D eigenvalue weighted by Crippen LogP contribution is -2.27. The fourth-order valence-electron chi connectivity index (χ4n) is 2.70. The Kier molecular flexibility index (Phi) is 5.29. The van der Waals surface area contributed by atoms with Crippen LogP contribution in [0.5, 0.6) is 0 Å². The number of rotatable bonds is 3. The van der Waals surface area contributed by atoms with E-state index in [0.29, 0.717) is 42.0 Å². The van der Waals surface area contributed by atoms with Crippen LogP contribution in [0.1, 0.15) is 5.76 Å². The molecule has 1 aliphatic heterocycles. The molecule has 0 unspecified atom stereocenters. The molecular weight excluding hydrogens is 440 g/mol. The van der Waals surface area contributed by atoms with Gasteiger partial charge in [-0.25, -0.2) is 4.39 Å². The number of nitrogens with zero attached hydrogens (tertiary/aromatic N) is 1. The lowest BCUT2D eigenvalue weighted by atomic mass is 10.2. The SMILES string of the molecule is O=C1/C(=C/c2ccc(-c3cc(Cl)ccc3Cl)o2)SC(=S)N1c1cccc(F)c1. The maximum Gasteiger partial charge on any atom is 0.270 e. The number of anilines is 1. The van der Waals surface area contributed by atoms with Gasteiger partial charge in [-0.05, 0) is 48.5 Å². The van der Waals surface area contributed by atoms with Crippen LogP contribution in [-0.2, 0) is 4.79 Å². The molecule has 28 heavy (non-hydrogen) atoms. The fourth-order valence-corrected chi connectivity index (χ4v) is 4.36. The number of hydrogen-bond donors (Lipinski definition) is 0. The van der Waals surface area contributed by atoms with Crippen LogP contribution in [0.4, 0.5) is 10.1 Å². The van der Waals surface area contributed by atoms with E-state index in [0.717, 1.165) is 11.8 Å². The number of thiocarbonyl (C=S) groups is 1. The molecule has 2 aromatic carbocycles. The lowest BCUT2D eigenvalue weighted by molar-refractivity contribution is -0.113. The molecule has 1 fully saturated rings. The Morgan fingerprint density at radius 1 is 1.11 bits per heavy atom. The molecule has 3 nitrogen and oxygen atoms in total. The summed E-state index contributed by atoms with van der Waals surface area (Å²) in [6.07, 6.45) is 1.60. The Labute approximate surface area is 179 Å². The molecule has 1 saturated heterocycles. The molecule has 0 spiro atoms. The smallest absolute Gasteiger partial charge is 0.270 e. The number of amides is 1. The topological polar surface area (TPSA) is 33.5 Å². The Morgan fingerprint density at radius 2 is 1.93 bits per heavy atom. The zero-order valence-electron chi connectivity index (χ0n) is 14.0. The largest absolute Gasteiger partial charge is 0.457 e. The van der Waals surface area contributed by atoms with Gasteiger partial charge in [0, 0.05) is 16.7 Å². The van der Waals surface area contributed by atoms with E-state index >= 15 is 0 Å². The number of furan rings is 1. The molecule has 1 aromatic heterocycles. The fraction of sp³-hybridized carbons (Fsp3) is 0. The van der Waals surface area contributed by atoms with Crippen molar-refractivity contribution in [3.8, 4) is 11.3 Å². The molecule has 140 valence electrons. The van der Waals surface area contributed by atoms with Gasteiger partial charge in [0.1, 0.15) is 17.3 Å². The first kappa shape index (κ1) is 19.2. The highest BCUT2D eigenvalue weighted by atomic mass is 35.5. The van der Waals surface area contributed by atoms with Crippen LogP contribution in [-0.4, -0.2) is 10.2 Å². The van der Waals surface area contributed by atoms with Crippen molar-refractivity contribution in [2.24, 2.45) is 0 Å². The standard InChI is InChI=1S/C20H10Cl2FNO2S2/c21-11-4-6-16(22)15(8-11)17-7-5-14(26-17)10-18-19(25)24(20(27)28-18)13-3-1-2-12(23)9-13/h1-10H/b18-10-. The third-order valence-electron chi connectivity index (χ3n) is 3.95. The second-order valence-corrected chi connectivity index (χ2v) is 8.34. The van der Waals surface area contributed by atoms with Crippen molar-refractivity contribution in [1.29, 1.82) is 0 Å². The highest BCUT2D eigenvalue weighted by Crippen LogP contribution is 2.37. The molecule has 2 heterocycles. The molecule has 0 saturated carbocycles. The zero-order valence-corrected chi connectivity index (χ0v) is 17.1. The second-order valence-electron chi connectivity index (χ2n) is 5.82. The molecule has 4 rings (SSSR count). The minimum atomic E-state index is -0.440. The molecule has 1 aliphatic rings. The molecule has 3 aromatic rings. The molecule has 0 bridgehead atoms. The molecule has 1 amide bonds. The predicted molar refractivity (Wildman–Crippen MR) is 116 cm³/mol. The Balaban J connectivity index is 1.64. The first-order chi connectivity index (χ1) is 13.4. The quantitative estimate of drug-likeness (QED) is 0.325. The average Bonchev–Trinajstić information content (AvgIpc) is 3.22. The van der Waals surface area contributed by atoms with E-state index in [-0.39, 0.29) is 5.91 Å². The maximum atomic E-state index is 13.5. The van der Waals surface area contributed by atoms with Gasteiger partial charge >= 0.3 is 0 Å². The van der Waals surface area contributed by atoms with E-state index < -0.39 is 5.82 Å². The second kappa shape index (κ2) is 7.72. The summed E-state index contributed by atoms with van der Waals surface area (Å²) >= 11 is 18.6. The highest BCUT2D eigenvalue weighted by molar-refractivity contribution is 8.27. The van der Waals surface area contributed by atoms with Gasteiger partial charge in [0.15, 0.2) is 4.32 Å². The van der Waals surface area contributed by atoms with Gasteiger partial charge in [0.25, 0.3) is 5.91 Å². The monoisotopic (exact) mass is 449 g/mol. The van der Waals surface area contributed by atoms with E-state index in [1.807, 2.05) is 0 Å². The van der Waals surface area contributed by atoms with Gasteiger partial charge in [-0.2, -0.15) is 0 Å². The van der Waals surface area contributed by atoms with Gasteiger partial charge in [0.05, 0.1) is 15.6 Å². The van der Waals surface area contributed by atoms with Crippen molar-refractivity contribution in [1.82, 2.24) is 0 Å². The number of hydrogen-bond acceptors (Lipinski definition) is 4. The maximum absolute atomic E-state index is 13.5. The van der Waals surface area contributed by atoms with E-state index in [2.05, 4.69) is 0 Å². The summed E-state index contributed by atoms with van der Waals surface area (Å²) in [6, 6.07) is 14.3. The molecule has 8 heteroatoms. The normalized spacial score (nSPS) is 15.7. The van der Waals surface area contributed by atoms with Crippen LogP contribution < -0.4 is 4.90 Å². The number of thioether (sulfide) groups is 1. The Morgan fingerprint density at radius 3 is 2.71 bits per heavy atom. The molecular formula is C20H10Cl2FNO2S2. The number of halogens is 3. The summed E-state index contributed by atoms with van der Waals surface area (Å²) in [7, 11) is 0. The molecule has 0 N–H and O–H groups in total.